The van der Waals surface area contributed by atoms with Gasteiger partial charge >= 0.3 is 0 Å². The highest BCUT2D eigenvalue weighted by molar-refractivity contribution is 7.15. The van der Waals surface area contributed by atoms with E-state index < -0.39 is 5.91 Å². The molecule has 2 aromatic carbocycles. The van der Waals surface area contributed by atoms with Crippen molar-refractivity contribution in [3.05, 3.63) is 85.8 Å². The molecule has 1 aliphatic rings. The van der Waals surface area contributed by atoms with E-state index in [2.05, 4.69) is 27.3 Å². The molecule has 1 amide bonds. The van der Waals surface area contributed by atoms with Gasteiger partial charge in [-0.15, -0.1) is 11.3 Å². The van der Waals surface area contributed by atoms with Crippen LogP contribution in [-0.4, -0.2) is 22.3 Å². The van der Waals surface area contributed by atoms with Crippen LogP contribution in [0.15, 0.2) is 54.1 Å². The lowest BCUT2D eigenvalue weighted by atomic mass is 10.1. The van der Waals surface area contributed by atoms with Gasteiger partial charge in [-0.1, -0.05) is 59.6 Å². The summed E-state index contributed by atoms with van der Waals surface area (Å²) in [5, 5.41) is 13.6. The van der Waals surface area contributed by atoms with E-state index in [0.29, 0.717) is 20.7 Å². The molecule has 1 aliphatic heterocycles. The lowest BCUT2D eigenvalue weighted by Crippen LogP contribution is -2.29. The zero-order valence-electron chi connectivity index (χ0n) is 16.4. The molecule has 5 nitrogen and oxygen atoms in total. The molecule has 1 aromatic heterocycles. The van der Waals surface area contributed by atoms with Crippen LogP contribution in [0.1, 0.15) is 21.7 Å². The van der Waals surface area contributed by atoms with Crippen LogP contribution in [0.5, 0.6) is 0 Å². The van der Waals surface area contributed by atoms with Gasteiger partial charge in [0.25, 0.3) is 5.91 Å². The van der Waals surface area contributed by atoms with Gasteiger partial charge in [0.15, 0.2) is 5.13 Å². The first-order valence-corrected chi connectivity index (χ1v) is 11.2. The maximum absolute atomic E-state index is 12.6. The second kappa shape index (κ2) is 9.63. The summed E-state index contributed by atoms with van der Waals surface area (Å²) in [6, 6.07) is 17.2. The van der Waals surface area contributed by atoms with Crippen molar-refractivity contribution in [2.75, 3.05) is 11.9 Å². The van der Waals surface area contributed by atoms with Gasteiger partial charge in [-0.25, -0.2) is 4.98 Å². The highest BCUT2D eigenvalue weighted by Gasteiger charge is 2.22. The summed E-state index contributed by atoms with van der Waals surface area (Å²) in [4.78, 5) is 20.7. The normalized spacial score (nSPS) is 14.0. The Bertz CT molecular complexity index is 1180. The summed E-state index contributed by atoms with van der Waals surface area (Å²) in [5.41, 5.74) is 2.78. The lowest BCUT2D eigenvalue weighted by Gasteiger charge is -2.25. The summed E-state index contributed by atoms with van der Waals surface area (Å²) >= 11 is 13.5. The van der Waals surface area contributed by atoms with Gasteiger partial charge in [0.05, 0.1) is 5.69 Å². The van der Waals surface area contributed by atoms with Crippen LogP contribution in [-0.2, 0) is 24.3 Å². The standard InChI is InChI=1S/C23H18Cl2N4OS/c24-18-7-6-16(19(25)11-18)10-17(12-26)22(30)28-23-27-20-8-9-29(14-21(20)31-23)13-15-4-2-1-3-5-15/h1-7,10-11H,8-9,13-14H2,(H,27,28,30). The van der Waals surface area contributed by atoms with Crippen LogP contribution < -0.4 is 5.32 Å². The van der Waals surface area contributed by atoms with Crippen LogP contribution in [0, 0.1) is 11.3 Å². The number of hydrogen-bond acceptors (Lipinski definition) is 5. The number of amides is 1. The first kappa shape index (κ1) is 21.5. The average molecular weight is 469 g/mol. The van der Waals surface area contributed by atoms with E-state index in [1.807, 2.05) is 24.3 Å². The van der Waals surface area contributed by atoms with Crippen molar-refractivity contribution >= 4 is 51.7 Å². The number of carbonyl (C=O) groups excluding carboxylic acids is 1. The van der Waals surface area contributed by atoms with Crippen molar-refractivity contribution in [1.29, 1.82) is 5.26 Å². The van der Waals surface area contributed by atoms with Crippen LogP contribution >= 0.6 is 34.5 Å². The Morgan fingerprint density at radius 1 is 1.26 bits per heavy atom. The molecule has 0 radical (unpaired) electrons. The number of nitrogens with zero attached hydrogens (tertiary/aromatic N) is 3. The fourth-order valence-corrected chi connectivity index (χ4v) is 4.87. The second-order valence-corrected chi connectivity index (χ2v) is 9.05. The lowest BCUT2D eigenvalue weighted by molar-refractivity contribution is -0.112. The Kier molecular flexibility index (Phi) is 6.69. The molecule has 0 atom stereocenters. The number of thiazole rings is 1. The quantitative estimate of drug-likeness (QED) is 0.393. The van der Waals surface area contributed by atoms with Crippen molar-refractivity contribution in [2.24, 2.45) is 0 Å². The highest BCUT2D eigenvalue weighted by atomic mass is 35.5. The molecule has 3 aromatic rings. The van der Waals surface area contributed by atoms with Crippen LogP contribution in [0.2, 0.25) is 10.0 Å². The largest absolute Gasteiger partial charge is 0.297 e. The predicted molar refractivity (Wildman–Crippen MR) is 125 cm³/mol. The van der Waals surface area contributed by atoms with Crippen LogP contribution in [0.25, 0.3) is 6.08 Å². The molecule has 0 aliphatic carbocycles. The fourth-order valence-electron chi connectivity index (χ4n) is 3.37. The minimum Gasteiger partial charge on any atom is -0.297 e. The van der Waals surface area contributed by atoms with E-state index in [1.165, 1.54) is 23.0 Å². The summed E-state index contributed by atoms with van der Waals surface area (Å²) in [6.07, 6.45) is 2.28. The maximum Gasteiger partial charge on any atom is 0.268 e. The van der Waals surface area contributed by atoms with E-state index in [0.717, 1.165) is 36.6 Å². The van der Waals surface area contributed by atoms with Gasteiger partial charge in [-0.3, -0.25) is 15.0 Å². The summed E-state index contributed by atoms with van der Waals surface area (Å²) in [6.45, 7) is 2.58. The summed E-state index contributed by atoms with van der Waals surface area (Å²) in [7, 11) is 0. The van der Waals surface area contributed by atoms with Gasteiger partial charge in [0.2, 0.25) is 0 Å². The number of aromatic nitrogens is 1. The fraction of sp³-hybridized carbons (Fsp3) is 0.174. The zero-order valence-corrected chi connectivity index (χ0v) is 18.8. The minimum atomic E-state index is -0.513. The molecule has 0 spiro atoms. The van der Waals surface area contributed by atoms with Gasteiger partial charge in [0, 0.05) is 41.0 Å². The number of hydrogen-bond donors (Lipinski definition) is 1. The third-order valence-electron chi connectivity index (χ3n) is 4.91. The first-order chi connectivity index (χ1) is 15.0. The molecule has 0 saturated carbocycles. The molecule has 2 heterocycles. The minimum absolute atomic E-state index is 0.0527. The monoisotopic (exact) mass is 468 g/mol. The molecular weight excluding hydrogens is 451 g/mol. The predicted octanol–water partition coefficient (Wildman–Crippen LogP) is 5.55. The number of fused-ring (bicyclic) bond motifs is 1. The number of nitriles is 1. The van der Waals surface area contributed by atoms with E-state index in [1.54, 1.807) is 18.2 Å². The van der Waals surface area contributed by atoms with Crippen molar-refractivity contribution < 1.29 is 4.79 Å². The Morgan fingerprint density at radius 3 is 2.81 bits per heavy atom. The summed E-state index contributed by atoms with van der Waals surface area (Å²) < 4.78 is 0. The smallest absolute Gasteiger partial charge is 0.268 e. The molecule has 156 valence electrons. The van der Waals surface area contributed by atoms with Gasteiger partial charge in [-0.2, -0.15) is 5.26 Å². The van der Waals surface area contributed by atoms with Gasteiger partial charge < -0.3 is 0 Å². The Morgan fingerprint density at radius 2 is 2.06 bits per heavy atom. The second-order valence-electron chi connectivity index (χ2n) is 7.12. The Labute approximate surface area is 194 Å². The molecule has 1 N–H and O–H groups in total. The molecule has 8 heteroatoms. The number of nitrogens with one attached hydrogen (secondary N) is 1. The van der Waals surface area contributed by atoms with E-state index >= 15 is 0 Å². The summed E-state index contributed by atoms with van der Waals surface area (Å²) in [5.74, 6) is -0.513. The molecule has 0 unspecified atom stereocenters. The number of rotatable bonds is 5. The Balaban J connectivity index is 1.45. The highest BCUT2D eigenvalue weighted by Crippen LogP contribution is 2.29. The van der Waals surface area contributed by atoms with Crippen molar-refractivity contribution in [3.63, 3.8) is 0 Å². The molecule has 0 saturated heterocycles. The van der Waals surface area contributed by atoms with Crippen LogP contribution in [0.4, 0.5) is 5.13 Å². The number of halogens is 2. The number of anilines is 1. The topological polar surface area (TPSA) is 69.0 Å². The van der Waals surface area contributed by atoms with E-state index in [-0.39, 0.29) is 5.57 Å². The molecule has 0 fully saturated rings. The van der Waals surface area contributed by atoms with Gasteiger partial charge in [-0.05, 0) is 29.3 Å². The average Bonchev–Trinajstić information content (AvgIpc) is 3.15. The SMILES string of the molecule is N#CC(=Cc1ccc(Cl)cc1Cl)C(=O)Nc1nc2c(s1)CN(Cc1ccccc1)CC2. The maximum atomic E-state index is 12.6. The number of carbonyl (C=O) groups is 1. The third kappa shape index (κ3) is 5.33. The van der Waals surface area contributed by atoms with E-state index in [4.69, 9.17) is 23.2 Å². The number of benzene rings is 2. The molecule has 0 bridgehead atoms. The first-order valence-electron chi connectivity index (χ1n) is 9.65. The zero-order chi connectivity index (χ0) is 21.8. The van der Waals surface area contributed by atoms with Crippen molar-refractivity contribution in [2.45, 2.75) is 19.5 Å². The Hall–Kier alpha value is -2.69. The third-order valence-corrected chi connectivity index (χ3v) is 6.47. The van der Waals surface area contributed by atoms with Crippen molar-refractivity contribution in [3.8, 4) is 6.07 Å². The van der Waals surface area contributed by atoms with E-state index in [9.17, 15) is 10.1 Å². The molecular formula is C23H18Cl2N4OS. The van der Waals surface area contributed by atoms with Crippen LogP contribution in [0.3, 0.4) is 0 Å². The van der Waals surface area contributed by atoms with Crippen molar-refractivity contribution in [1.82, 2.24) is 9.88 Å². The van der Waals surface area contributed by atoms with Gasteiger partial charge in [0.1, 0.15) is 11.6 Å². The molecule has 4 rings (SSSR count). The molecule has 31 heavy (non-hydrogen) atoms.